The van der Waals surface area contributed by atoms with Gasteiger partial charge in [-0.2, -0.15) is 9.90 Å². The second-order valence-corrected chi connectivity index (χ2v) is 10.2. The summed E-state index contributed by atoms with van der Waals surface area (Å²) in [5, 5.41) is 13.4. The Labute approximate surface area is 232 Å². The molecule has 1 aliphatic carbocycles. The molecule has 0 aliphatic heterocycles. The van der Waals surface area contributed by atoms with Crippen LogP contribution >= 0.6 is 0 Å². The number of nitrogens with one attached hydrogen (secondary N) is 3. The number of rotatable bonds is 12. The molecule has 0 bridgehead atoms. The summed E-state index contributed by atoms with van der Waals surface area (Å²) in [7, 11) is 1.53. The summed E-state index contributed by atoms with van der Waals surface area (Å²) < 4.78 is 72.3. The van der Waals surface area contributed by atoms with E-state index in [-0.39, 0.29) is 37.3 Å². The second-order valence-electron chi connectivity index (χ2n) is 10.2. The van der Waals surface area contributed by atoms with Gasteiger partial charge >= 0.3 is 0 Å². The third-order valence-electron chi connectivity index (χ3n) is 7.18. The lowest BCUT2D eigenvalue weighted by Gasteiger charge is -2.33. The highest BCUT2D eigenvalue weighted by atomic mass is 19.3. The number of imidazole rings is 1. The summed E-state index contributed by atoms with van der Waals surface area (Å²) in [5.41, 5.74) is 1.57. The molecule has 10 nitrogen and oxygen atoms in total. The normalized spacial score (nSPS) is 18.5. The van der Waals surface area contributed by atoms with Crippen LogP contribution in [0.2, 0.25) is 0 Å². The van der Waals surface area contributed by atoms with Gasteiger partial charge in [0, 0.05) is 20.0 Å². The minimum atomic E-state index is -2.77. The number of carbonyl (C=O) groups excluding carboxylic acids is 2. The number of hydrogen-bond acceptors (Lipinski definition) is 6. The number of ether oxygens (including phenoxy) is 1. The first-order valence-corrected chi connectivity index (χ1v) is 13.2. The Morgan fingerprint density at radius 2 is 1.95 bits per heavy atom. The van der Waals surface area contributed by atoms with Gasteiger partial charge in [-0.05, 0) is 43.4 Å². The number of alkyl halides is 5. The molecule has 2 unspecified atom stereocenters. The zero-order chi connectivity index (χ0) is 29.7. The first-order valence-electron chi connectivity index (χ1n) is 13.2. The van der Waals surface area contributed by atoms with Gasteiger partial charge in [0.1, 0.15) is 12.5 Å². The minimum Gasteiger partial charge on any atom is -0.383 e. The van der Waals surface area contributed by atoms with Gasteiger partial charge in [0.25, 0.3) is 11.8 Å². The van der Waals surface area contributed by atoms with Gasteiger partial charge in [0.05, 0.1) is 42.5 Å². The third-order valence-corrected chi connectivity index (χ3v) is 7.18. The number of methoxy groups -OCH3 is 1. The van der Waals surface area contributed by atoms with Crippen LogP contribution in [0.1, 0.15) is 66.6 Å². The van der Waals surface area contributed by atoms with Gasteiger partial charge in [-0.15, -0.1) is 5.10 Å². The maximum absolute atomic E-state index is 13.9. The van der Waals surface area contributed by atoms with Crippen molar-refractivity contribution < 1.29 is 36.3 Å². The van der Waals surface area contributed by atoms with Crippen LogP contribution in [0.3, 0.4) is 0 Å². The molecule has 41 heavy (non-hydrogen) atoms. The lowest BCUT2D eigenvalue weighted by atomic mass is 9.81. The van der Waals surface area contributed by atoms with E-state index < -0.39 is 48.8 Å². The van der Waals surface area contributed by atoms with E-state index in [9.17, 15) is 31.5 Å². The zero-order valence-electron chi connectivity index (χ0n) is 22.5. The Kier molecular flexibility index (Phi) is 9.56. The van der Waals surface area contributed by atoms with Crippen molar-refractivity contribution in [3.8, 4) is 0 Å². The van der Waals surface area contributed by atoms with Gasteiger partial charge in [-0.1, -0.05) is 6.07 Å². The molecule has 1 aliphatic rings. The standard InChI is InChI=1S/C26H32F5N7O3/c1-14(33-25(40)21(29)17(28)12-27)16-3-4-18-19(11-16)35-23(34-18)22(15-5-7-26(30,31)8-6-15)36-24(39)20-13-32-38(37-20)9-10-41-2/h3-4,11,13-15,17,21-22H,5-10,12H2,1-2H3,(H,33,40)(H,34,35)(H,36,39)/t14-,17?,21?,22+/m1/s1. The Morgan fingerprint density at radius 3 is 2.63 bits per heavy atom. The number of amides is 2. The number of hydrogen-bond donors (Lipinski definition) is 3. The van der Waals surface area contributed by atoms with Gasteiger partial charge in [-0.25, -0.2) is 26.9 Å². The quantitative estimate of drug-likeness (QED) is 0.277. The van der Waals surface area contributed by atoms with Crippen LogP contribution in [-0.2, 0) is 16.1 Å². The predicted molar refractivity (Wildman–Crippen MR) is 137 cm³/mol. The maximum Gasteiger partial charge on any atom is 0.274 e. The number of H-pyrrole nitrogens is 1. The lowest BCUT2D eigenvalue weighted by Crippen LogP contribution is -2.39. The molecule has 0 saturated heterocycles. The summed E-state index contributed by atoms with van der Waals surface area (Å²) in [4.78, 5) is 34.1. The molecule has 2 amide bonds. The largest absolute Gasteiger partial charge is 0.383 e. The Morgan fingerprint density at radius 1 is 1.22 bits per heavy atom. The van der Waals surface area contributed by atoms with Crippen LogP contribution in [0.25, 0.3) is 11.0 Å². The lowest BCUT2D eigenvalue weighted by molar-refractivity contribution is -0.129. The number of aromatic amines is 1. The Balaban J connectivity index is 1.56. The molecule has 3 aromatic rings. The highest BCUT2D eigenvalue weighted by Crippen LogP contribution is 2.41. The van der Waals surface area contributed by atoms with E-state index in [1.165, 1.54) is 18.1 Å². The Hall–Kier alpha value is -3.62. The van der Waals surface area contributed by atoms with Crippen molar-refractivity contribution in [2.75, 3.05) is 20.4 Å². The summed E-state index contributed by atoms with van der Waals surface area (Å²) in [5.74, 6) is -4.59. The summed E-state index contributed by atoms with van der Waals surface area (Å²) in [6.07, 6.45) is -4.23. The van der Waals surface area contributed by atoms with Crippen LogP contribution in [0.5, 0.6) is 0 Å². The van der Waals surface area contributed by atoms with Crippen LogP contribution in [0.15, 0.2) is 24.4 Å². The van der Waals surface area contributed by atoms with Crippen LogP contribution in [0, 0.1) is 5.92 Å². The van der Waals surface area contributed by atoms with Crippen molar-refractivity contribution in [3.05, 3.63) is 41.5 Å². The van der Waals surface area contributed by atoms with E-state index >= 15 is 0 Å². The van der Waals surface area contributed by atoms with E-state index in [4.69, 9.17) is 4.74 Å². The van der Waals surface area contributed by atoms with Crippen LogP contribution < -0.4 is 10.6 Å². The summed E-state index contributed by atoms with van der Waals surface area (Å²) >= 11 is 0. The van der Waals surface area contributed by atoms with Crippen LogP contribution in [0.4, 0.5) is 22.0 Å². The molecule has 1 saturated carbocycles. The fraction of sp³-hybridized carbons (Fsp3) is 0.577. The molecule has 224 valence electrons. The molecular formula is C26H32F5N7O3. The first-order chi connectivity index (χ1) is 19.5. The average molecular weight is 586 g/mol. The molecule has 2 heterocycles. The van der Waals surface area contributed by atoms with Crippen molar-refractivity contribution in [1.29, 1.82) is 0 Å². The van der Waals surface area contributed by atoms with E-state index in [0.717, 1.165) is 0 Å². The smallest absolute Gasteiger partial charge is 0.274 e. The maximum atomic E-state index is 13.9. The molecule has 3 N–H and O–H groups in total. The van der Waals surface area contributed by atoms with Crippen LogP contribution in [-0.4, -0.2) is 75.4 Å². The summed E-state index contributed by atoms with van der Waals surface area (Å²) in [6.45, 7) is 0.622. The molecule has 1 aromatic carbocycles. The first kappa shape index (κ1) is 30.3. The van der Waals surface area contributed by atoms with E-state index in [1.54, 1.807) is 25.1 Å². The number of nitrogens with zero attached hydrogens (tertiary/aromatic N) is 4. The van der Waals surface area contributed by atoms with E-state index in [1.807, 2.05) is 0 Å². The minimum absolute atomic E-state index is 0.0460. The van der Waals surface area contributed by atoms with Crippen molar-refractivity contribution in [2.45, 2.75) is 69.5 Å². The Bertz CT molecular complexity index is 1340. The topological polar surface area (TPSA) is 127 Å². The number of aromatic nitrogens is 5. The molecule has 0 spiro atoms. The molecule has 4 rings (SSSR count). The van der Waals surface area contributed by atoms with E-state index in [2.05, 4.69) is 30.8 Å². The second kappa shape index (κ2) is 12.9. The molecule has 2 aromatic heterocycles. The monoisotopic (exact) mass is 585 g/mol. The van der Waals surface area contributed by atoms with Crippen molar-refractivity contribution in [3.63, 3.8) is 0 Å². The number of carbonyl (C=O) groups is 2. The zero-order valence-corrected chi connectivity index (χ0v) is 22.5. The van der Waals surface area contributed by atoms with Crippen molar-refractivity contribution >= 4 is 22.8 Å². The van der Waals surface area contributed by atoms with Crippen molar-refractivity contribution in [1.82, 2.24) is 35.6 Å². The predicted octanol–water partition coefficient (Wildman–Crippen LogP) is 3.92. The number of halogens is 5. The highest BCUT2D eigenvalue weighted by Gasteiger charge is 2.39. The molecule has 15 heteroatoms. The molecule has 0 radical (unpaired) electrons. The average Bonchev–Trinajstić information content (AvgIpc) is 3.61. The van der Waals surface area contributed by atoms with Gasteiger partial charge in [-0.3, -0.25) is 9.59 Å². The fourth-order valence-electron chi connectivity index (χ4n) is 4.78. The van der Waals surface area contributed by atoms with Gasteiger partial charge < -0.3 is 20.4 Å². The number of benzene rings is 1. The van der Waals surface area contributed by atoms with Gasteiger partial charge in [0.2, 0.25) is 12.1 Å². The molecular weight excluding hydrogens is 553 g/mol. The highest BCUT2D eigenvalue weighted by molar-refractivity contribution is 5.92. The molecule has 4 atom stereocenters. The van der Waals surface area contributed by atoms with E-state index in [0.29, 0.717) is 35.6 Å². The third kappa shape index (κ3) is 7.37. The summed E-state index contributed by atoms with van der Waals surface area (Å²) in [6, 6.07) is 3.40. The fourth-order valence-corrected chi connectivity index (χ4v) is 4.78. The SMILES string of the molecule is COCCn1ncc(C(=O)N[C@H](c2nc3ccc([C@@H](C)NC(=O)C(F)C(F)CF)cc3[nH]2)C2CCC(F)(F)CC2)n1. The van der Waals surface area contributed by atoms with Crippen molar-refractivity contribution in [2.24, 2.45) is 5.92 Å². The number of fused-ring (bicyclic) bond motifs is 1. The molecule has 1 fully saturated rings. The van der Waals surface area contributed by atoms with Gasteiger partial charge in [0.15, 0.2) is 11.9 Å².